The molecule has 8 rings (SSSR count). The maximum atomic E-state index is 16.0. The second kappa shape index (κ2) is 10.8. The Morgan fingerprint density at radius 1 is 1.09 bits per heavy atom. The van der Waals surface area contributed by atoms with Gasteiger partial charge in [0.05, 0.1) is 32.5 Å². The second-order valence-electron chi connectivity index (χ2n) is 11.4. The van der Waals surface area contributed by atoms with Gasteiger partial charge in [0.25, 0.3) is 5.56 Å². The van der Waals surface area contributed by atoms with Crippen LogP contribution in [0.1, 0.15) is 6.23 Å². The van der Waals surface area contributed by atoms with Gasteiger partial charge < -0.3 is 49.4 Å². The first kappa shape index (κ1) is 31.9. The summed E-state index contributed by atoms with van der Waals surface area (Å²) in [5.74, 6) is -4.28. The molecule has 2 aromatic heterocycles. The molecule has 0 amide bonds. The van der Waals surface area contributed by atoms with Crippen LogP contribution in [0.3, 0.4) is 0 Å². The first-order valence-corrected chi connectivity index (χ1v) is 19.0. The van der Waals surface area contributed by atoms with Crippen LogP contribution < -0.4 is 17.0 Å². The number of rotatable bonds is 2. The number of dihydropyridines is 1. The maximum absolute atomic E-state index is 16.0. The fourth-order valence-electron chi connectivity index (χ4n) is 6.31. The van der Waals surface area contributed by atoms with Crippen LogP contribution in [0.5, 0.6) is 0 Å². The lowest BCUT2D eigenvalue weighted by Crippen LogP contribution is -2.52. The molecule has 0 radical (unpaired) electrons. The van der Waals surface area contributed by atoms with E-state index >= 15 is 8.78 Å². The third-order valence-corrected chi connectivity index (χ3v) is 11.6. The highest BCUT2D eigenvalue weighted by atomic mass is 32.5. The number of halogens is 2. The van der Waals surface area contributed by atoms with E-state index in [0.29, 0.717) is 5.70 Å². The molecule has 7 N–H and O–H groups in total. The molecule has 47 heavy (non-hydrogen) atoms. The van der Waals surface area contributed by atoms with Crippen molar-refractivity contribution in [3.05, 3.63) is 28.5 Å². The van der Waals surface area contributed by atoms with Crippen molar-refractivity contribution in [3.63, 3.8) is 0 Å². The molecule has 0 spiro atoms. The van der Waals surface area contributed by atoms with Crippen LogP contribution in [-0.4, -0.2) is 121 Å². The third-order valence-electron chi connectivity index (χ3n) is 8.51. The lowest BCUT2D eigenvalue weighted by Gasteiger charge is -2.37. The number of nitrogens with one attached hydrogen (secondary N) is 1. The van der Waals surface area contributed by atoms with Gasteiger partial charge in [0.15, 0.2) is 42.0 Å². The van der Waals surface area contributed by atoms with Crippen molar-refractivity contribution in [3.8, 4) is 0 Å². The summed E-state index contributed by atoms with van der Waals surface area (Å²) in [6.07, 6.45) is -4.25. The van der Waals surface area contributed by atoms with Crippen LogP contribution in [0.25, 0.3) is 11.2 Å². The highest BCUT2D eigenvalue weighted by Gasteiger charge is 2.68. The van der Waals surface area contributed by atoms with Gasteiger partial charge in [-0.3, -0.25) is 33.4 Å². The van der Waals surface area contributed by atoms with Gasteiger partial charge >= 0.3 is 19.4 Å². The van der Waals surface area contributed by atoms with E-state index < -0.39 is 92.8 Å². The van der Waals surface area contributed by atoms with Gasteiger partial charge in [-0.2, -0.15) is 4.98 Å². The highest BCUT2D eigenvalue weighted by molar-refractivity contribution is 8.07. The number of nitrogens with two attached hydrogens (primary N) is 2. The van der Waals surface area contributed by atoms with E-state index in [9.17, 15) is 14.6 Å². The van der Waals surface area contributed by atoms with E-state index in [1.165, 1.54) is 12.6 Å². The summed E-state index contributed by atoms with van der Waals surface area (Å²) in [6.45, 7) is -10.7. The molecule has 0 saturated carbocycles. The molecule has 4 saturated heterocycles. The summed E-state index contributed by atoms with van der Waals surface area (Å²) < 4.78 is 73.4. The number of alkyl halides is 2. The molecular formula is C22H25F2N9O10P2S2. The predicted molar refractivity (Wildman–Crippen MR) is 162 cm³/mol. The number of aliphatic imine (C=N–C) groups is 2. The number of aromatic nitrogens is 4. The molecule has 4 unspecified atom stereocenters. The van der Waals surface area contributed by atoms with Crippen molar-refractivity contribution in [2.45, 2.75) is 60.6 Å². The maximum Gasteiger partial charge on any atom is 0.325 e. The summed E-state index contributed by atoms with van der Waals surface area (Å²) in [6, 6.07) is -0.487. The summed E-state index contributed by atoms with van der Waals surface area (Å²) >= 11 is 10.4. The number of imidazole rings is 1. The zero-order valence-electron chi connectivity index (χ0n) is 23.5. The lowest BCUT2D eigenvalue weighted by molar-refractivity contribution is -0.195. The van der Waals surface area contributed by atoms with Crippen molar-refractivity contribution in [1.29, 1.82) is 0 Å². The number of ether oxygens (including phenoxy) is 3. The first-order valence-electron chi connectivity index (χ1n) is 13.8. The Morgan fingerprint density at radius 3 is 2.66 bits per heavy atom. The molecule has 4 fully saturated rings. The van der Waals surface area contributed by atoms with E-state index in [4.69, 9.17) is 67.4 Å². The Balaban J connectivity index is 1.13. The number of anilines is 1. The Bertz CT molecular complexity index is 1900. The van der Waals surface area contributed by atoms with Gasteiger partial charge in [0, 0.05) is 11.9 Å². The number of aromatic amines is 1. The Labute approximate surface area is 272 Å². The van der Waals surface area contributed by atoms with Crippen LogP contribution >= 0.6 is 13.4 Å². The average Bonchev–Trinajstić information content (AvgIpc) is 3.79. The molecule has 8 heterocycles. The van der Waals surface area contributed by atoms with E-state index in [1.807, 2.05) is 0 Å². The van der Waals surface area contributed by atoms with Crippen molar-refractivity contribution in [2.75, 3.05) is 25.6 Å². The highest BCUT2D eigenvalue weighted by Crippen LogP contribution is 2.59. The Kier molecular flexibility index (Phi) is 7.33. The molecule has 0 aliphatic carbocycles. The number of H-pyrrole nitrogens is 1. The molecule has 19 nitrogen and oxygen atoms in total. The van der Waals surface area contributed by atoms with Crippen LogP contribution in [0.4, 0.5) is 14.7 Å². The largest absolute Gasteiger partial charge is 0.400 e. The topological polar surface area (TPSA) is 249 Å². The van der Waals surface area contributed by atoms with Crippen molar-refractivity contribution >= 4 is 66.7 Å². The lowest BCUT2D eigenvalue weighted by atomic mass is 10.0. The van der Waals surface area contributed by atoms with Crippen LogP contribution in [0.15, 0.2) is 32.9 Å². The number of nitrogen functional groups attached to an aromatic ring is 1. The molecule has 25 heteroatoms. The van der Waals surface area contributed by atoms with Crippen LogP contribution in [0, 0.1) is 0 Å². The summed E-state index contributed by atoms with van der Waals surface area (Å²) in [4.78, 5) is 55.3. The molecule has 0 aromatic carbocycles. The van der Waals surface area contributed by atoms with Crippen molar-refractivity contribution < 1.29 is 50.9 Å². The quantitative estimate of drug-likeness (QED) is 0.230. The standard InChI is InChI=1S/C22H25F2N9O10P2S2/c23-22(24)9-3-38-44(35,46)42-13-12-18(32-6-28-10-8(25)1-2-27-15(10)32)41-21(13,4-37-12)5-39-45(36,47)43-14(22)19(40-9)33-7-29-11-16(33)30-20(26)31-17(11)34/h1-2,6-7,9-10,12-15,18-19H,3-5,25H2,(H,35,46)(H,36,47)(H3,26,30,31,34)/t9-,10?,12-,13+,14+,15?,18-,19-,21-,44?,45?/m1/s1. The summed E-state index contributed by atoms with van der Waals surface area (Å²) in [5.41, 5.74) is 9.46. The SMILES string of the molecule is NC1=CC=NC2C1N=CN2[C@@H]1O[C@@]23CO[C@@H]1[C@@H]2OP(O)(=S)OC[C@H]1O[C@@H](n2cnc4c(=O)[nH]c(N)nc42)[C@H](OP(O)(=S)OC3)C1(F)F. The minimum absolute atomic E-state index is 0.190. The third kappa shape index (κ3) is 5.11. The predicted octanol–water partition coefficient (Wildman–Crippen LogP) is -1.06. The molecular weight excluding hydrogens is 714 g/mol. The fourth-order valence-corrected chi connectivity index (χ4v) is 9.17. The molecule has 4 bridgehead atoms. The van der Waals surface area contributed by atoms with Crippen LogP contribution in [-0.2, 0) is 55.9 Å². The van der Waals surface area contributed by atoms with E-state index in [1.54, 1.807) is 11.0 Å². The van der Waals surface area contributed by atoms with Gasteiger partial charge in [0.1, 0.15) is 23.9 Å². The molecule has 6 aliphatic heterocycles. The van der Waals surface area contributed by atoms with Gasteiger partial charge in [0.2, 0.25) is 5.95 Å². The second-order valence-corrected chi connectivity index (χ2v) is 17.0. The van der Waals surface area contributed by atoms with E-state index in [2.05, 4.69) is 24.9 Å². The van der Waals surface area contributed by atoms with Crippen LogP contribution in [0.2, 0.25) is 0 Å². The molecule has 11 atom stereocenters. The van der Waals surface area contributed by atoms with Gasteiger partial charge in [-0.15, -0.1) is 0 Å². The van der Waals surface area contributed by atoms with Gasteiger partial charge in [-0.05, 0) is 29.7 Å². The normalized spacial score (nSPS) is 44.1. The minimum atomic E-state index is -4.56. The number of hydrogen-bond acceptors (Lipinski definition) is 17. The van der Waals surface area contributed by atoms with E-state index in [0.717, 1.165) is 10.9 Å². The van der Waals surface area contributed by atoms with E-state index in [-0.39, 0.29) is 23.7 Å². The number of allylic oxidation sites excluding steroid dienone is 1. The smallest absolute Gasteiger partial charge is 0.325 e. The summed E-state index contributed by atoms with van der Waals surface area (Å²) in [5, 5.41) is 0. The molecule has 2 aromatic rings. The molecule has 6 aliphatic rings. The van der Waals surface area contributed by atoms with Gasteiger partial charge in [-0.1, -0.05) is 0 Å². The van der Waals surface area contributed by atoms with Crippen molar-refractivity contribution in [2.24, 2.45) is 15.7 Å². The minimum Gasteiger partial charge on any atom is -0.400 e. The van der Waals surface area contributed by atoms with Gasteiger partial charge in [-0.25, -0.2) is 13.8 Å². The number of nitrogens with zero attached hydrogens (tertiary/aromatic N) is 6. The Hall–Kier alpha value is -2.37. The number of hydrogen-bond donors (Lipinski definition) is 5. The monoisotopic (exact) mass is 739 g/mol. The number of fused-ring (bicyclic) bond motifs is 4. The zero-order chi connectivity index (χ0) is 33.1. The summed E-state index contributed by atoms with van der Waals surface area (Å²) in [7, 11) is 0. The Morgan fingerprint density at radius 2 is 1.85 bits per heavy atom. The first-order chi connectivity index (χ1) is 22.2. The molecule has 254 valence electrons. The average molecular weight is 740 g/mol. The zero-order valence-corrected chi connectivity index (χ0v) is 26.9. The van der Waals surface area contributed by atoms with Crippen molar-refractivity contribution in [1.82, 2.24) is 24.4 Å². The fraction of sp³-hybridized carbons (Fsp3) is 0.591.